The van der Waals surface area contributed by atoms with E-state index >= 15 is 0 Å². The first-order valence-electron chi connectivity index (χ1n) is 5.76. The summed E-state index contributed by atoms with van der Waals surface area (Å²) >= 11 is 0. The van der Waals surface area contributed by atoms with Crippen LogP contribution >= 0.6 is 0 Å². The number of aliphatic hydroxyl groups is 1. The fourth-order valence-electron chi connectivity index (χ4n) is 1.57. The number of hydrogen-bond donors (Lipinski definition) is 3. The van der Waals surface area contributed by atoms with Crippen molar-refractivity contribution in [2.75, 3.05) is 11.9 Å². The molecule has 104 valence electrons. The molecular weight excluding hydrogens is 252 g/mol. The molecule has 7 nitrogen and oxygen atoms in total. The quantitative estimate of drug-likeness (QED) is 0.535. The number of nitrogens with zero attached hydrogens (tertiary/aromatic N) is 1. The molecule has 0 saturated carbocycles. The van der Waals surface area contributed by atoms with Crippen LogP contribution in [-0.4, -0.2) is 33.8 Å². The zero-order chi connectivity index (χ0) is 14.6. The summed E-state index contributed by atoms with van der Waals surface area (Å²) < 4.78 is 0. The van der Waals surface area contributed by atoms with Crippen molar-refractivity contribution in [2.45, 2.75) is 19.9 Å². The number of aliphatic hydroxyl groups excluding tert-OH is 1. The molecule has 0 radical (unpaired) electrons. The topological polar surface area (TPSA) is 113 Å². The van der Waals surface area contributed by atoms with Gasteiger partial charge in [-0.05, 0) is 18.1 Å². The number of hydrogen-bond acceptors (Lipinski definition) is 5. The third kappa shape index (κ3) is 3.65. The lowest BCUT2D eigenvalue weighted by Crippen LogP contribution is -2.29. The van der Waals surface area contributed by atoms with Gasteiger partial charge in [-0.15, -0.1) is 0 Å². The van der Waals surface area contributed by atoms with Crippen LogP contribution in [0.5, 0.6) is 0 Å². The van der Waals surface area contributed by atoms with Crippen molar-refractivity contribution in [1.29, 1.82) is 0 Å². The van der Waals surface area contributed by atoms with Gasteiger partial charge in [0, 0.05) is 6.07 Å². The van der Waals surface area contributed by atoms with E-state index in [9.17, 15) is 20.0 Å². The monoisotopic (exact) mass is 268 g/mol. The van der Waals surface area contributed by atoms with Gasteiger partial charge in [0.2, 0.25) is 0 Å². The normalized spacial score (nSPS) is 12.2. The number of carbonyl (C=O) groups is 1. The fourth-order valence-corrected chi connectivity index (χ4v) is 1.57. The first kappa shape index (κ1) is 14.9. The molecule has 1 aromatic rings. The first-order valence-corrected chi connectivity index (χ1v) is 5.76. The largest absolute Gasteiger partial charge is 0.478 e. The van der Waals surface area contributed by atoms with Crippen LogP contribution in [0, 0.1) is 16.0 Å². The summed E-state index contributed by atoms with van der Waals surface area (Å²) in [6, 6.07) is 3.13. The minimum Gasteiger partial charge on any atom is -0.478 e. The van der Waals surface area contributed by atoms with Crippen molar-refractivity contribution in [3.8, 4) is 0 Å². The van der Waals surface area contributed by atoms with Crippen LogP contribution in [0.2, 0.25) is 0 Å². The Hall–Kier alpha value is -2.15. The predicted octanol–water partition coefficient (Wildman–Crippen LogP) is 1.72. The van der Waals surface area contributed by atoms with Gasteiger partial charge < -0.3 is 15.5 Å². The number of rotatable bonds is 6. The third-order valence-electron chi connectivity index (χ3n) is 2.78. The van der Waals surface area contributed by atoms with E-state index in [2.05, 4.69) is 5.32 Å². The maximum Gasteiger partial charge on any atom is 0.335 e. The fraction of sp³-hybridized carbons (Fsp3) is 0.417. The lowest BCUT2D eigenvalue weighted by molar-refractivity contribution is -0.384. The Bertz CT molecular complexity index is 487. The molecule has 1 rings (SSSR count). The Morgan fingerprint density at radius 2 is 2.11 bits per heavy atom. The number of carboxylic acid groups (broad SMARTS) is 1. The highest BCUT2D eigenvalue weighted by molar-refractivity contribution is 5.90. The number of nitro benzene ring substituents is 1. The van der Waals surface area contributed by atoms with Crippen LogP contribution in [0.1, 0.15) is 24.2 Å². The van der Waals surface area contributed by atoms with E-state index in [0.717, 1.165) is 6.07 Å². The summed E-state index contributed by atoms with van der Waals surface area (Å²) in [5, 5.41) is 31.8. The summed E-state index contributed by atoms with van der Waals surface area (Å²) in [7, 11) is 0. The van der Waals surface area contributed by atoms with Gasteiger partial charge in [0.25, 0.3) is 5.69 Å². The number of nitrogens with one attached hydrogen (secondary N) is 1. The predicted molar refractivity (Wildman–Crippen MR) is 69.4 cm³/mol. The highest BCUT2D eigenvalue weighted by atomic mass is 16.6. The molecular formula is C12H16N2O5. The van der Waals surface area contributed by atoms with E-state index in [1.165, 1.54) is 12.1 Å². The van der Waals surface area contributed by atoms with Crippen LogP contribution < -0.4 is 5.32 Å². The van der Waals surface area contributed by atoms with E-state index in [-0.39, 0.29) is 35.5 Å². The minimum atomic E-state index is -1.16. The molecule has 0 heterocycles. The smallest absolute Gasteiger partial charge is 0.335 e. The van der Waals surface area contributed by atoms with Gasteiger partial charge in [-0.1, -0.05) is 13.8 Å². The zero-order valence-corrected chi connectivity index (χ0v) is 10.7. The Kier molecular flexibility index (Phi) is 4.82. The molecule has 1 atom stereocenters. The van der Waals surface area contributed by atoms with Gasteiger partial charge in [-0.3, -0.25) is 10.1 Å². The van der Waals surface area contributed by atoms with E-state index in [0.29, 0.717) is 0 Å². The molecule has 0 aliphatic carbocycles. The first-order chi connectivity index (χ1) is 8.86. The third-order valence-corrected chi connectivity index (χ3v) is 2.78. The van der Waals surface area contributed by atoms with Crippen molar-refractivity contribution in [1.82, 2.24) is 0 Å². The zero-order valence-electron chi connectivity index (χ0n) is 10.7. The minimum absolute atomic E-state index is 0.0399. The van der Waals surface area contributed by atoms with Crippen LogP contribution in [0.4, 0.5) is 11.4 Å². The second-order valence-corrected chi connectivity index (χ2v) is 4.47. The van der Waals surface area contributed by atoms with Gasteiger partial charge in [0.15, 0.2) is 0 Å². The molecule has 19 heavy (non-hydrogen) atoms. The average Bonchev–Trinajstić information content (AvgIpc) is 2.34. The molecule has 0 aliphatic heterocycles. The van der Waals surface area contributed by atoms with E-state index in [1.807, 2.05) is 13.8 Å². The SMILES string of the molecule is CC(C)[C@@H](CO)Nc1cc(C(=O)O)ccc1[N+](=O)[O-]. The molecule has 0 spiro atoms. The molecule has 7 heteroatoms. The number of aromatic carboxylic acids is 1. The van der Waals surface area contributed by atoms with Gasteiger partial charge in [-0.25, -0.2) is 4.79 Å². The maximum absolute atomic E-state index is 10.9. The molecule has 0 bridgehead atoms. The highest BCUT2D eigenvalue weighted by Gasteiger charge is 2.20. The number of anilines is 1. The summed E-state index contributed by atoms with van der Waals surface area (Å²) in [4.78, 5) is 21.2. The van der Waals surface area contributed by atoms with E-state index in [4.69, 9.17) is 5.11 Å². The Labute approximate surface area is 110 Å². The molecule has 0 amide bonds. The van der Waals surface area contributed by atoms with Gasteiger partial charge in [0.1, 0.15) is 5.69 Å². The Morgan fingerprint density at radius 1 is 1.47 bits per heavy atom. The van der Waals surface area contributed by atoms with Gasteiger partial charge in [0.05, 0.1) is 23.1 Å². The summed E-state index contributed by atoms with van der Waals surface area (Å²) in [6.07, 6.45) is 0. The van der Waals surface area contributed by atoms with Crippen molar-refractivity contribution < 1.29 is 19.9 Å². The molecule has 0 fully saturated rings. The van der Waals surface area contributed by atoms with Crippen molar-refractivity contribution in [3.05, 3.63) is 33.9 Å². The van der Waals surface area contributed by atoms with Crippen molar-refractivity contribution >= 4 is 17.3 Å². The lowest BCUT2D eigenvalue weighted by Gasteiger charge is -2.21. The standard InChI is InChI=1S/C12H16N2O5/c1-7(2)10(6-15)13-9-5-8(12(16)17)3-4-11(9)14(18)19/h3-5,7,10,13,15H,6H2,1-2H3,(H,16,17)/t10-/m1/s1. The van der Waals surface area contributed by atoms with Crippen LogP contribution in [0.25, 0.3) is 0 Å². The Morgan fingerprint density at radius 3 is 2.53 bits per heavy atom. The molecule has 1 aromatic carbocycles. The number of benzene rings is 1. The lowest BCUT2D eigenvalue weighted by atomic mass is 10.0. The summed E-state index contributed by atoms with van der Waals surface area (Å²) in [5.41, 5.74) is -0.171. The number of carboxylic acids is 1. The van der Waals surface area contributed by atoms with Crippen LogP contribution in [0.3, 0.4) is 0 Å². The van der Waals surface area contributed by atoms with Crippen LogP contribution in [0.15, 0.2) is 18.2 Å². The van der Waals surface area contributed by atoms with Crippen molar-refractivity contribution in [3.63, 3.8) is 0 Å². The van der Waals surface area contributed by atoms with Gasteiger partial charge >= 0.3 is 5.97 Å². The van der Waals surface area contributed by atoms with E-state index < -0.39 is 10.9 Å². The highest BCUT2D eigenvalue weighted by Crippen LogP contribution is 2.27. The molecule has 0 saturated heterocycles. The van der Waals surface area contributed by atoms with E-state index in [1.54, 1.807) is 0 Å². The number of nitro groups is 1. The maximum atomic E-state index is 10.9. The molecule has 0 aromatic heterocycles. The molecule has 3 N–H and O–H groups in total. The second-order valence-electron chi connectivity index (χ2n) is 4.47. The van der Waals surface area contributed by atoms with Gasteiger partial charge in [-0.2, -0.15) is 0 Å². The second kappa shape index (κ2) is 6.14. The molecule has 0 aliphatic rings. The van der Waals surface area contributed by atoms with Crippen LogP contribution in [-0.2, 0) is 0 Å². The Balaban J connectivity index is 3.17. The molecule has 0 unspecified atom stereocenters. The van der Waals surface area contributed by atoms with Crippen molar-refractivity contribution in [2.24, 2.45) is 5.92 Å². The summed E-state index contributed by atoms with van der Waals surface area (Å²) in [6.45, 7) is 3.49. The average molecular weight is 268 g/mol. The summed E-state index contributed by atoms with van der Waals surface area (Å²) in [5.74, 6) is -1.12.